The van der Waals surface area contributed by atoms with Gasteiger partial charge in [0.2, 0.25) is 0 Å². The summed E-state index contributed by atoms with van der Waals surface area (Å²) in [6, 6.07) is 6.48. The lowest BCUT2D eigenvalue weighted by atomic mass is 9.85. The van der Waals surface area contributed by atoms with Crippen molar-refractivity contribution in [2.24, 2.45) is 11.1 Å². The van der Waals surface area contributed by atoms with Crippen LogP contribution in [0.3, 0.4) is 0 Å². The van der Waals surface area contributed by atoms with Crippen molar-refractivity contribution in [2.45, 2.75) is 53.1 Å². The van der Waals surface area contributed by atoms with Crippen molar-refractivity contribution in [3.63, 3.8) is 0 Å². The van der Waals surface area contributed by atoms with E-state index in [1.54, 1.807) is 7.11 Å². The first-order valence-electron chi connectivity index (χ1n) is 7.54. The number of methoxy groups -OCH3 is 1. The maximum atomic E-state index is 6.35. The molecule has 1 unspecified atom stereocenters. The second-order valence-electron chi connectivity index (χ2n) is 7.02. The summed E-state index contributed by atoms with van der Waals surface area (Å²) in [5, 5.41) is 0. The molecule has 4 nitrogen and oxygen atoms in total. The van der Waals surface area contributed by atoms with Gasteiger partial charge in [-0.15, -0.1) is 0 Å². The van der Waals surface area contributed by atoms with Crippen molar-refractivity contribution in [1.29, 1.82) is 0 Å². The molecule has 0 spiro atoms. The summed E-state index contributed by atoms with van der Waals surface area (Å²) < 4.78 is 7.57. The van der Waals surface area contributed by atoms with E-state index in [1.165, 1.54) is 0 Å². The lowest BCUT2D eigenvalue weighted by Crippen LogP contribution is -2.37. The largest absolute Gasteiger partial charge is 0.497 e. The molecule has 0 radical (unpaired) electrons. The zero-order valence-electron chi connectivity index (χ0n) is 14.0. The Balaban J connectivity index is 2.49. The first-order chi connectivity index (χ1) is 9.74. The average molecular weight is 289 g/mol. The molecule has 0 bridgehead atoms. The number of hydrogen-bond donors (Lipinski definition) is 1. The predicted molar refractivity (Wildman–Crippen MR) is 87.8 cm³/mol. The summed E-state index contributed by atoms with van der Waals surface area (Å²) >= 11 is 0. The van der Waals surface area contributed by atoms with Crippen molar-refractivity contribution >= 4 is 11.0 Å². The van der Waals surface area contributed by atoms with E-state index in [0.717, 1.165) is 29.0 Å². The van der Waals surface area contributed by atoms with Crippen molar-refractivity contribution < 1.29 is 4.74 Å². The number of ether oxygens (including phenoxy) is 1. The highest BCUT2D eigenvalue weighted by molar-refractivity contribution is 5.78. The summed E-state index contributed by atoms with van der Waals surface area (Å²) in [6.07, 6.45) is 0.776. The van der Waals surface area contributed by atoms with Crippen molar-refractivity contribution in [2.75, 3.05) is 7.11 Å². The molecule has 0 aliphatic heterocycles. The second kappa shape index (κ2) is 5.68. The van der Waals surface area contributed by atoms with Gasteiger partial charge in [0, 0.05) is 24.6 Å². The monoisotopic (exact) mass is 289 g/mol. The maximum absolute atomic E-state index is 6.35. The van der Waals surface area contributed by atoms with E-state index in [1.807, 2.05) is 12.1 Å². The van der Waals surface area contributed by atoms with Crippen LogP contribution in [0.2, 0.25) is 0 Å². The fourth-order valence-corrected chi connectivity index (χ4v) is 2.48. The van der Waals surface area contributed by atoms with E-state index in [4.69, 9.17) is 15.5 Å². The van der Waals surface area contributed by atoms with Crippen LogP contribution in [0.15, 0.2) is 18.2 Å². The molecule has 2 rings (SSSR count). The molecule has 0 amide bonds. The fraction of sp³-hybridized carbons (Fsp3) is 0.588. The van der Waals surface area contributed by atoms with Gasteiger partial charge in [-0.1, -0.05) is 20.8 Å². The van der Waals surface area contributed by atoms with Gasteiger partial charge >= 0.3 is 0 Å². The van der Waals surface area contributed by atoms with Gasteiger partial charge in [-0.25, -0.2) is 4.98 Å². The molecule has 1 aromatic heterocycles. The molecular weight excluding hydrogens is 262 g/mol. The molecule has 4 heteroatoms. The highest BCUT2D eigenvalue weighted by Crippen LogP contribution is 2.27. The van der Waals surface area contributed by atoms with E-state index >= 15 is 0 Å². The van der Waals surface area contributed by atoms with E-state index < -0.39 is 0 Å². The third kappa shape index (κ3) is 3.21. The van der Waals surface area contributed by atoms with Crippen LogP contribution in [0.5, 0.6) is 5.75 Å². The lowest BCUT2D eigenvalue weighted by Gasteiger charge is -2.27. The van der Waals surface area contributed by atoms with Gasteiger partial charge in [-0.3, -0.25) is 0 Å². The van der Waals surface area contributed by atoms with Gasteiger partial charge in [0.25, 0.3) is 0 Å². The van der Waals surface area contributed by atoms with Crippen LogP contribution in [0.25, 0.3) is 11.0 Å². The number of aromatic nitrogens is 2. The Labute approximate surface area is 127 Å². The Bertz CT molecular complexity index is 623. The number of nitrogens with zero attached hydrogens (tertiary/aromatic N) is 2. The average Bonchev–Trinajstić information content (AvgIpc) is 2.74. The van der Waals surface area contributed by atoms with Crippen molar-refractivity contribution in [3.8, 4) is 5.75 Å². The van der Waals surface area contributed by atoms with E-state index in [9.17, 15) is 0 Å². The van der Waals surface area contributed by atoms with E-state index in [0.29, 0.717) is 6.04 Å². The van der Waals surface area contributed by atoms with Crippen molar-refractivity contribution in [1.82, 2.24) is 9.55 Å². The predicted octanol–water partition coefficient (Wildman–Crippen LogP) is 3.54. The van der Waals surface area contributed by atoms with Crippen LogP contribution in [0.4, 0.5) is 0 Å². The minimum Gasteiger partial charge on any atom is -0.497 e. The first-order valence-corrected chi connectivity index (χ1v) is 7.54. The zero-order chi connectivity index (χ0) is 15.8. The lowest BCUT2D eigenvalue weighted by molar-refractivity contribution is 0.311. The Kier molecular flexibility index (Phi) is 4.28. The smallest absolute Gasteiger partial charge is 0.121 e. The highest BCUT2D eigenvalue weighted by Gasteiger charge is 2.24. The molecule has 0 aliphatic rings. The number of nitrogens with two attached hydrogens (primary N) is 1. The molecule has 116 valence electrons. The molecule has 2 N–H and O–H groups in total. The molecule has 0 saturated heterocycles. The SMILES string of the molecule is COc1ccc2c(c1)nc(CC(N)C(C)(C)C)n2C(C)C. The molecule has 1 heterocycles. The van der Waals surface area contributed by atoms with Crippen LogP contribution in [0, 0.1) is 5.41 Å². The summed E-state index contributed by atoms with van der Waals surface area (Å²) in [5.41, 5.74) is 8.53. The molecule has 21 heavy (non-hydrogen) atoms. The van der Waals surface area contributed by atoms with Crippen LogP contribution >= 0.6 is 0 Å². The maximum Gasteiger partial charge on any atom is 0.121 e. The van der Waals surface area contributed by atoms with Gasteiger partial charge in [0.1, 0.15) is 11.6 Å². The number of fused-ring (bicyclic) bond motifs is 1. The summed E-state index contributed by atoms with van der Waals surface area (Å²) in [7, 11) is 1.68. The second-order valence-corrected chi connectivity index (χ2v) is 7.02. The van der Waals surface area contributed by atoms with Gasteiger partial charge in [-0.05, 0) is 31.4 Å². The normalized spacial score (nSPS) is 13.9. The molecule has 0 aliphatic carbocycles. The third-order valence-electron chi connectivity index (χ3n) is 4.00. The topological polar surface area (TPSA) is 53.1 Å². The summed E-state index contributed by atoms with van der Waals surface area (Å²) in [5.74, 6) is 1.89. The fourth-order valence-electron chi connectivity index (χ4n) is 2.48. The van der Waals surface area contributed by atoms with Crippen LogP contribution in [-0.2, 0) is 6.42 Å². The molecule has 2 aromatic rings. The number of rotatable bonds is 4. The molecule has 0 saturated carbocycles. The standard InChI is InChI=1S/C17H27N3O/c1-11(2)20-14-8-7-12(21-6)9-13(14)19-16(20)10-15(18)17(3,4)5/h7-9,11,15H,10,18H2,1-6H3. The van der Waals surface area contributed by atoms with Crippen LogP contribution < -0.4 is 10.5 Å². The van der Waals surface area contributed by atoms with Gasteiger partial charge < -0.3 is 15.0 Å². The van der Waals surface area contributed by atoms with Crippen LogP contribution in [0.1, 0.15) is 46.5 Å². The summed E-state index contributed by atoms with van der Waals surface area (Å²) in [6.45, 7) is 10.9. The molecule has 0 fully saturated rings. The van der Waals surface area contributed by atoms with Crippen LogP contribution in [-0.4, -0.2) is 22.7 Å². The third-order valence-corrected chi connectivity index (χ3v) is 4.00. The number of benzene rings is 1. The highest BCUT2D eigenvalue weighted by atomic mass is 16.5. The van der Waals surface area contributed by atoms with E-state index in [-0.39, 0.29) is 11.5 Å². The Morgan fingerprint density at radius 2 is 1.95 bits per heavy atom. The molecular formula is C17H27N3O. The minimum atomic E-state index is 0.0671. The van der Waals surface area contributed by atoms with Gasteiger partial charge in [0.05, 0.1) is 18.1 Å². The molecule has 1 atom stereocenters. The van der Waals surface area contributed by atoms with Crippen molar-refractivity contribution in [3.05, 3.63) is 24.0 Å². The zero-order valence-corrected chi connectivity index (χ0v) is 14.0. The van der Waals surface area contributed by atoms with E-state index in [2.05, 4.69) is 45.3 Å². The Morgan fingerprint density at radius 1 is 1.29 bits per heavy atom. The van der Waals surface area contributed by atoms with Gasteiger partial charge in [0.15, 0.2) is 0 Å². The number of hydrogen-bond acceptors (Lipinski definition) is 3. The number of imidazole rings is 1. The Morgan fingerprint density at radius 3 is 2.48 bits per heavy atom. The summed E-state index contributed by atoms with van der Waals surface area (Å²) in [4.78, 5) is 4.80. The molecule has 1 aromatic carbocycles. The van der Waals surface area contributed by atoms with Gasteiger partial charge in [-0.2, -0.15) is 0 Å². The Hall–Kier alpha value is -1.55. The first kappa shape index (κ1) is 15.8. The quantitative estimate of drug-likeness (QED) is 0.936. The minimum absolute atomic E-state index is 0.0671.